The van der Waals surface area contributed by atoms with E-state index < -0.39 is 0 Å². The van der Waals surface area contributed by atoms with Crippen LogP contribution in [0.3, 0.4) is 0 Å². The van der Waals surface area contributed by atoms with Gasteiger partial charge >= 0.3 is 0 Å². The highest BCUT2D eigenvalue weighted by molar-refractivity contribution is 14.1. The third-order valence-corrected chi connectivity index (χ3v) is 5.55. The van der Waals surface area contributed by atoms with Gasteiger partial charge in [0, 0.05) is 11.3 Å². The minimum absolute atomic E-state index is 0.153. The molecule has 0 radical (unpaired) electrons. The van der Waals surface area contributed by atoms with E-state index in [4.69, 9.17) is 5.84 Å². The predicted molar refractivity (Wildman–Crippen MR) is 82.4 cm³/mol. The molecular formula is C11H14IN3S2. The molecule has 0 spiro atoms. The van der Waals surface area contributed by atoms with Crippen LogP contribution in [0.4, 0.5) is 0 Å². The Labute approximate surface area is 123 Å². The van der Waals surface area contributed by atoms with Gasteiger partial charge in [-0.25, -0.2) is 4.98 Å². The molecule has 0 aliphatic heterocycles. The molecule has 92 valence electrons. The van der Waals surface area contributed by atoms with Crippen molar-refractivity contribution in [2.45, 2.75) is 26.3 Å². The second-order valence-corrected chi connectivity index (χ2v) is 7.95. The van der Waals surface area contributed by atoms with Crippen molar-refractivity contribution in [2.75, 3.05) is 0 Å². The molecule has 6 heteroatoms. The van der Waals surface area contributed by atoms with Gasteiger partial charge in [0.15, 0.2) is 0 Å². The maximum Gasteiger partial charge on any atom is 0.0950 e. The van der Waals surface area contributed by atoms with Gasteiger partial charge < -0.3 is 0 Å². The number of hydrogen-bond donors (Lipinski definition) is 2. The first kappa shape index (κ1) is 13.4. The molecule has 0 saturated carbocycles. The Hall–Kier alpha value is -0.0200. The third-order valence-electron chi connectivity index (χ3n) is 2.64. The fraction of sp³-hybridized carbons (Fsp3) is 0.364. The smallest absolute Gasteiger partial charge is 0.0950 e. The zero-order chi connectivity index (χ0) is 12.4. The zero-order valence-corrected chi connectivity index (χ0v) is 13.4. The summed E-state index contributed by atoms with van der Waals surface area (Å²) in [6.07, 6.45) is 0.850. The summed E-state index contributed by atoms with van der Waals surface area (Å²) in [5.74, 6) is 5.64. The van der Waals surface area contributed by atoms with E-state index in [1.165, 1.54) is 13.3 Å². The first-order valence-corrected chi connectivity index (χ1v) is 8.00. The van der Waals surface area contributed by atoms with E-state index >= 15 is 0 Å². The number of hydrogen-bond acceptors (Lipinski definition) is 5. The summed E-state index contributed by atoms with van der Waals surface area (Å²) >= 11 is 5.82. The summed E-state index contributed by atoms with van der Waals surface area (Å²) in [4.78, 5) is 5.84. The van der Waals surface area contributed by atoms with E-state index in [2.05, 4.69) is 51.4 Å². The minimum atomic E-state index is 0.153. The Bertz CT molecular complexity index is 487. The molecule has 0 saturated heterocycles. The van der Waals surface area contributed by atoms with E-state index in [-0.39, 0.29) is 6.04 Å². The number of nitrogens with one attached hydrogen (secondary N) is 1. The molecule has 2 aromatic rings. The van der Waals surface area contributed by atoms with Crippen LogP contribution in [-0.2, 0) is 6.42 Å². The Morgan fingerprint density at radius 1 is 1.53 bits per heavy atom. The third kappa shape index (κ3) is 3.25. The average molecular weight is 379 g/mol. The van der Waals surface area contributed by atoms with Gasteiger partial charge in [0.2, 0.25) is 0 Å². The molecule has 3 N–H and O–H groups in total. The van der Waals surface area contributed by atoms with Crippen molar-refractivity contribution in [3.05, 3.63) is 35.5 Å². The molecule has 3 nitrogen and oxygen atoms in total. The fourth-order valence-electron chi connectivity index (χ4n) is 1.58. The van der Waals surface area contributed by atoms with Crippen molar-refractivity contribution >= 4 is 45.3 Å². The number of aryl methyl sites for hydroxylation is 2. The summed E-state index contributed by atoms with van der Waals surface area (Å²) in [5.41, 5.74) is 5.25. The molecule has 0 aliphatic carbocycles. The van der Waals surface area contributed by atoms with Gasteiger partial charge in [-0.15, -0.1) is 22.7 Å². The van der Waals surface area contributed by atoms with E-state index in [1.807, 2.05) is 6.92 Å². The van der Waals surface area contributed by atoms with Crippen molar-refractivity contribution in [2.24, 2.45) is 5.84 Å². The maximum atomic E-state index is 5.64. The summed E-state index contributed by atoms with van der Waals surface area (Å²) < 4.78 is 1.28. The molecule has 17 heavy (non-hydrogen) atoms. The van der Waals surface area contributed by atoms with Gasteiger partial charge in [0.25, 0.3) is 0 Å². The standard InChI is InChI=1S/C11H14IN3S2/c1-6-7(2)17-11(14-6)4-9(15-13)8-3-10(12)16-5-8/h3,5,9,15H,4,13H2,1-2H3. The highest BCUT2D eigenvalue weighted by Gasteiger charge is 2.15. The molecule has 0 bridgehead atoms. The second kappa shape index (κ2) is 5.75. The summed E-state index contributed by atoms with van der Waals surface area (Å²) in [7, 11) is 0. The van der Waals surface area contributed by atoms with E-state index in [0.717, 1.165) is 17.1 Å². The summed E-state index contributed by atoms with van der Waals surface area (Å²) in [6.45, 7) is 4.16. The van der Waals surface area contributed by atoms with Crippen LogP contribution >= 0.6 is 45.3 Å². The summed E-state index contributed by atoms with van der Waals surface area (Å²) in [5, 5.41) is 3.30. The van der Waals surface area contributed by atoms with Crippen LogP contribution in [-0.4, -0.2) is 4.98 Å². The number of rotatable bonds is 4. The zero-order valence-electron chi connectivity index (χ0n) is 9.66. The van der Waals surface area contributed by atoms with Crippen molar-refractivity contribution in [3.63, 3.8) is 0 Å². The van der Waals surface area contributed by atoms with Crippen LogP contribution < -0.4 is 11.3 Å². The van der Waals surface area contributed by atoms with Crippen LogP contribution in [0.1, 0.15) is 27.2 Å². The number of halogens is 1. The maximum absolute atomic E-state index is 5.64. The topological polar surface area (TPSA) is 50.9 Å². The number of nitrogens with zero attached hydrogens (tertiary/aromatic N) is 1. The molecule has 1 unspecified atom stereocenters. The van der Waals surface area contributed by atoms with Crippen molar-refractivity contribution < 1.29 is 0 Å². The highest BCUT2D eigenvalue weighted by atomic mass is 127. The van der Waals surface area contributed by atoms with E-state index in [0.29, 0.717) is 0 Å². The lowest BCUT2D eigenvalue weighted by Crippen LogP contribution is -2.29. The lowest BCUT2D eigenvalue weighted by molar-refractivity contribution is 0.552. The lowest BCUT2D eigenvalue weighted by atomic mass is 10.1. The number of aromatic nitrogens is 1. The number of nitrogens with two attached hydrogens (primary N) is 1. The Balaban J connectivity index is 2.15. The quantitative estimate of drug-likeness (QED) is 0.488. The summed E-state index contributed by atoms with van der Waals surface area (Å²) in [6, 6.07) is 2.32. The molecule has 0 aromatic carbocycles. The lowest BCUT2D eigenvalue weighted by Gasteiger charge is -2.12. The van der Waals surface area contributed by atoms with Crippen molar-refractivity contribution in [1.82, 2.24) is 10.4 Å². The minimum Gasteiger partial charge on any atom is -0.271 e. The molecule has 2 aromatic heterocycles. The molecule has 2 rings (SSSR count). The predicted octanol–water partition coefficient (Wildman–Crippen LogP) is 3.17. The fourth-order valence-corrected chi connectivity index (χ4v) is 3.99. The van der Waals surface area contributed by atoms with Gasteiger partial charge in [-0.3, -0.25) is 11.3 Å². The number of thiazole rings is 1. The Morgan fingerprint density at radius 3 is 2.76 bits per heavy atom. The van der Waals surface area contributed by atoms with Gasteiger partial charge in [-0.05, 0) is 53.4 Å². The normalized spacial score (nSPS) is 12.9. The van der Waals surface area contributed by atoms with Gasteiger partial charge in [0.05, 0.1) is 19.6 Å². The highest BCUT2D eigenvalue weighted by Crippen LogP contribution is 2.26. The molecule has 0 amide bonds. The molecule has 1 atom stereocenters. The van der Waals surface area contributed by atoms with Crippen LogP contribution in [0.2, 0.25) is 0 Å². The van der Waals surface area contributed by atoms with Gasteiger partial charge in [-0.2, -0.15) is 0 Å². The second-order valence-electron chi connectivity index (χ2n) is 3.86. The SMILES string of the molecule is Cc1nc(CC(NN)c2csc(I)c2)sc1C. The van der Waals surface area contributed by atoms with E-state index in [9.17, 15) is 0 Å². The first-order valence-electron chi connectivity index (χ1n) is 5.23. The largest absolute Gasteiger partial charge is 0.271 e. The van der Waals surface area contributed by atoms with E-state index in [1.54, 1.807) is 22.7 Å². The number of thiophene rings is 1. The van der Waals surface area contributed by atoms with Gasteiger partial charge in [0.1, 0.15) is 0 Å². The van der Waals surface area contributed by atoms with Crippen molar-refractivity contribution in [3.8, 4) is 0 Å². The van der Waals surface area contributed by atoms with Gasteiger partial charge in [-0.1, -0.05) is 0 Å². The van der Waals surface area contributed by atoms with Crippen LogP contribution in [0.15, 0.2) is 11.4 Å². The Kier molecular flexibility index (Phi) is 4.53. The molecular weight excluding hydrogens is 365 g/mol. The first-order chi connectivity index (χ1) is 8.10. The molecule has 2 heterocycles. The van der Waals surface area contributed by atoms with Crippen LogP contribution in [0.5, 0.6) is 0 Å². The number of hydrazine groups is 1. The average Bonchev–Trinajstić information content (AvgIpc) is 2.83. The molecule has 0 fully saturated rings. The van der Waals surface area contributed by atoms with Crippen LogP contribution in [0.25, 0.3) is 0 Å². The Morgan fingerprint density at radius 2 is 2.29 bits per heavy atom. The molecule has 0 aliphatic rings. The van der Waals surface area contributed by atoms with Crippen LogP contribution in [0, 0.1) is 16.7 Å². The van der Waals surface area contributed by atoms with Crippen molar-refractivity contribution in [1.29, 1.82) is 0 Å². The monoisotopic (exact) mass is 379 g/mol.